The summed E-state index contributed by atoms with van der Waals surface area (Å²) in [6.07, 6.45) is 0.471. The normalized spacial score (nSPS) is 13.7. The molecule has 3 heteroatoms. The molecule has 2 unspecified atom stereocenters. The van der Waals surface area contributed by atoms with Crippen LogP contribution in [-0.2, 0) is 0 Å². The zero-order chi connectivity index (χ0) is 15.2. The molecule has 21 heavy (non-hydrogen) atoms. The van der Waals surface area contributed by atoms with Crippen molar-refractivity contribution in [1.82, 2.24) is 4.90 Å². The fourth-order valence-corrected chi connectivity index (χ4v) is 2.63. The largest absolute Gasteiger partial charge is 0.292 e. The second-order valence-electron chi connectivity index (χ2n) is 5.18. The lowest BCUT2D eigenvalue weighted by Gasteiger charge is -2.32. The van der Waals surface area contributed by atoms with E-state index in [2.05, 4.69) is 37.1 Å². The first-order valence-electron chi connectivity index (χ1n) is 7.02. The van der Waals surface area contributed by atoms with Crippen LogP contribution in [-0.4, -0.2) is 11.9 Å². The molecule has 0 fully saturated rings. The van der Waals surface area contributed by atoms with Crippen molar-refractivity contribution >= 4 is 11.6 Å². The van der Waals surface area contributed by atoms with Crippen molar-refractivity contribution in [3.63, 3.8) is 0 Å². The van der Waals surface area contributed by atoms with Crippen LogP contribution >= 0.6 is 11.6 Å². The molecule has 2 aromatic rings. The average molecular weight is 299 g/mol. The predicted octanol–water partition coefficient (Wildman–Crippen LogP) is 4.99. The Morgan fingerprint density at radius 2 is 1.67 bits per heavy atom. The van der Waals surface area contributed by atoms with E-state index in [9.17, 15) is 0 Å². The van der Waals surface area contributed by atoms with Crippen LogP contribution in [0.15, 0.2) is 54.6 Å². The maximum Gasteiger partial charge on any atom is 0.0641 e. The van der Waals surface area contributed by atoms with Crippen molar-refractivity contribution < 1.29 is 0 Å². The molecule has 0 spiro atoms. The van der Waals surface area contributed by atoms with E-state index in [0.29, 0.717) is 6.42 Å². The molecule has 108 valence electrons. The fourth-order valence-electron chi connectivity index (χ4n) is 2.50. The molecule has 0 bridgehead atoms. The third-order valence-corrected chi connectivity index (χ3v) is 4.18. The second kappa shape index (κ2) is 7.26. The van der Waals surface area contributed by atoms with Gasteiger partial charge in [-0.15, -0.1) is 0 Å². The summed E-state index contributed by atoms with van der Waals surface area (Å²) in [7, 11) is 2.06. The van der Waals surface area contributed by atoms with Gasteiger partial charge in [-0.3, -0.25) is 4.90 Å². The Bertz CT molecular complexity index is 601. The van der Waals surface area contributed by atoms with Gasteiger partial charge in [-0.1, -0.05) is 54.1 Å². The standard InChI is InChI=1S/C18H19ClN2/c1-14(15-8-10-17(19)11-9-15)21(2)18(12-13-20)16-6-4-3-5-7-16/h3-11,14,18H,12H2,1-2H3. The van der Waals surface area contributed by atoms with Crippen LogP contribution in [0, 0.1) is 11.3 Å². The molecule has 2 aromatic carbocycles. The number of halogens is 1. The van der Waals surface area contributed by atoms with E-state index >= 15 is 0 Å². The molecule has 2 nitrogen and oxygen atoms in total. The summed E-state index contributed by atoms with van der Waals surface area (Å²) in [5, 5.41) is 9.88. The number of rotatable bonds is 5. The second-order valence-corrected chi connectivity index (χ2v) is 5.62. The van der Waals surface area contributed by atoms with Crippen LogP contribution in [0.2, 0.25) is 5.02 Å². The lowest BCUT2D eigenvalue weighted by Crippen LogP contribution is -2.27. The van der Waals surface area contributed by atoms with Crippen molar-refractivity contribution in [2.45, 2.75) is 25.4 Å². The Morgan fingerprint density at radius 3 is 2.24 bits per heavy atom. The lowest BCUT2D eigenvalue weighted by atomic mass is 9.99. The van der Waals surface area contributed by atoms with Gasteiger partial charge in [-0.05, 0) is 37.2 Å². The van der Waals surface area contributed by atoms with E-state index in [1.807, 2.05) is 42.5 Å². The van der Waals surface area contributed by atoms with E-state index in [0.717, 1.165) is 5.02 Å². The fraction of sp³-hybridized carbons (Fsp3) is 0.278. The molecule has 2 atom stereocenters. The molecule has 0 saturated heterocycles. The number of nitriles is 1. The van der Waals surface area contributed by atoms with Crippen LogP contribution in [0.1, 0.15) is 36.6 Å². The van der Waals surface area contributed by atoms with Crippen LogP contribution in [0.4, 0.5) is 0 Å². The average Bonchev–Trinajstić information content (AvgIpc) is 2.53. The Kier molecular flexibility index (Phi) is 5.38. The zero-order valence-corrected chi connectivity index (χ0v) is 13.1. The monoisotopic (exact) mass is 298 g/mol. The third-order valence-electron chi connectivity index (χ3n) is 3.92. The molecular formula is C18H19ClN2. The Hall–Kier alpha value is -1.82. The van der Waals surface area contributed by atoms with Gasteiger partial charge in [0.25, 0.3) is 0 Å². The van der Waals surface area contributed by atoms with Gasteiger partial charge in [-0.25, -0.2) is 0 Å². The summed E-state index contributed by atoms with van der Waals surface area (Å²) in [4.78, 5) is 2.24. The molecule has 2 rings (SSSR count). The molecule has 0 aliphatic carbocycles. The minimum absolute atomic E-state index is 0.0851. The number of benzene rings is 2. The minimum atomic E-state index is 0.0851. The molecule has 0 heterocycles. The van der Waals surface area contributed by atoms with Gasteiger partial charge in [0.1, 0.15) is 0 Å². The van der Waals surface area contributed by atoms with Crippen LogP contribution in [0.3, 0.4) is 0 Å². The van der Waals surface area contributed by atoms with Gasteiger partial charge < -0.3 is 0 Å². The molecule has 0 aromatic heterocycles. The topological polar surface area (TPSA) is 27.0 Å². The van der Waals surface area contributed by atoms with Crippen LogP contribution < -0.4 is 0 Å². The third kappa shape index (κ3) is 3.85. The van der Waals surface area contributed by atoms with Gasteiger partial charge in [0.15, 0.2) is 0 Å². The first-order valence-corrected chi connectivity index (χ1v) is 7.40. The number of hydrogen-bond donors (Lipinski definition) is 0. The maximum atomic E-state index is 9.14. The summed E-state index contributed by atoms with van der Waals surface area (Å²) in [5.41, 5.74) is 2.36. The first kappa shape index (κ1) is 15.6. The molecule has 0 aliphatic heterocycles. The van der Waals surface area contributed by atoms with Gasteiger partial charge in [-0.2, -0.15) is 5.26 Å². The van der Waals surface area contributed by atoms with Crippen molar-refractivity contribution in [1.29, 1.82) is 5.26 Å². The van der Waals surface area contributed by atoms with Gasteiger partial charge in [0, 0.05) is 17.1 Å². The summed E-state index contributed by atoms with van der Waals surface area (Å²) in [5.74, 6) is 0. The highest BCUT2D eigenvalue weighted by molar-refractivity contribution is 6.30. The Balaban J connectivity index is 2.24. The summed E-state index contributed by atoms with van der Waals surface area (Å²) in [6, 6.07) is 20.7. The molecule has 0 amide bonds. The summed E-state index contributed by atoms with van der Waals surface area (Å²) < 4.78 is 0. The SMILES string of the molecule is CC(c1ccc(Cl)cc1)N(C)C(CC#N)c1ccccc1. The van der Waals surface area contributed by atoms with Gasteiger partial charge in [0.2, 0.25) is 0 Å². The highest BCUT2D eigenvalue weighted by atomic mass is 35.5. The van der Waals surface area contributed by atoms with Crippen molar-refractivity contribution in [2.75, 3.05) is 7.05 Å². The Morgan fingerprint density at radius 1 is 1.05 bits per heavy atom. The molecular weight excluding hydrogens is 280 g/mol. The Labute approximate surface area is 131 Å². The minimum Gasteiger partial charge on any atom is -0.292 e. The number of nitrogens with zero attached hydrogens (tertiary/aromatic N) is 2. The van der Waals surface area contributed by atoms with Crippen molar-refractivity contribution in [3.05, 3.63) is 70.7 Å². The quantitative estimate of drug-likeness (QED) is 0.777. The smallest absolute Gasteiger partial charge is 0.0641 e. The van der Waals surface area contributed by atoms with Crippen LogP contribution in [0.25, 0.3) is 0 Å². The van der Waals surface area contributed by atoms with E-state index in [1.165, 1.54) is 11.1 Å². The lowest BCUT2D eigenvalue weighted by molar-refractivity contribution is 0.188. The summed E-state index contributed by atoms with van der Waals surface area (Å²) >= 11 is 5.95. The van der Waals surface area contributed by atoms with Gasteiger partial charge >= 0.3 is 0 Å². The van der Waals surface area contributed by atoms with E-state index in [4.69, 9.17) is 16.9 Å². The highest BCUT2D eigenvalue weighted by Crippen LogP contribution is 2.31. The van der Waals surface area contributed by atoms with Gasteiger partial charge in [0.05, 0.1) is 12.5 Å². The molecule has 0 saturated carbocycles. The predicted molar refractivity (Wildman–Crippen MR) is 87.0 cm³/mol. The van der Waals surface area contributed by atoms with Crippen molar-refractivity contribution in [3.8, 4) is 6.07 Å². The number of hydrogen-bond acceptors (Lipinski definition) is 2. The first-order chi connectivity index (χ1) is 10.1. The maximum absolute atomic E-state index is 9.14. The van der Waals surface area contributed by atoms with Crippen LogP contribution in [0.5, 0.6) is 0 Å². The molecule has 0 aliphatic rings. The van der Waals surface area contributed by atoms with Crippen molar-refractivity contribution in [2.24, 2.45) is 0 Å². The highest BCUT2D eigenvalue weighted by Gasteiger charge is 2.22. The zero-order valence-electron chi connectivity index (χ0n) is 12.3. The van der Waals surface area contributed by atoms with E-state index in [-0.39, 0.29) is 12.1 Å². The molecule has 0 radical (unpaired) electrons. The van der Waals surface area contributed by atoms with E-state index < -0.39 is 0 Å². The molecule has 0 N–H and O–H groups in total. The summed E-state index contributed by atoms with van der Waals surface area (Å²) in [6.45, 7) is 2.15. The van der Waals surface area contributed by atoms with E-state index in [1.54, 1.807) is 0 Å².